The number of fused-ring (bicyclic) bond motifs is 6. The molecule has 1 amide bonds. The molecule has 17 heteroatoms. The molecule has 0 aromatic heterocycles. The maximum atomic E-state index is 14.8. The summed E-state index contributed by atoms with van der Waals surface area (Å²) in [6, 6.07) is 19.2. The summed E-state index contributed by atoms with van der Waals surface area (Å²) >= 11 is 0. The second-order valence-corrected chi connectivity index (χ2v) is 16.9. The number of Topliss-reactive ketones (excluding diaryl/α,β-unsaturated/α-hetero) is 1. The number of aliphatic hydroxyl groups excluding tert-OH is 3. The fraction of sp³-hybridized carbons (Fsp3) is 0.455. The number of ether oxygens (including phenoxy) is 5. The van der Waals surface area contributed by atoms with Gasteiger partial charge in [-0.2, -0.15) is 0 Å². The molecule has 6 N–H and O–H groups in total. The molecule has 5 aliphatic rings. The van der Waals surface area contributed by atoms with E-state index in [0.29, 0.717) is 11.5 Å². The Kier molecular flexibility index (Phi) is 14.2. The van der Waals surface area contributed by atoms with Gasteiger partial charge in [-0.05, 0) is 67.0 Å². The van der Waals surface area contributed by atoms with Gasteiger partial charge in [-0.3, -0.25) is 9.59 Å². The van der Waals surface area contributed by atoms with Crippen molar-refractivity contribution in [1.82, 2.24) is 5.32 Å². The van der Waals surface area contributed by atoms with Crippen molar-refractivity contribution in [1.29, 1.82) is 0 Å². The average Bonchev–Trinajstić information content (AvgIpc) is 3.70. The fourth-order valence-corrected chi connectivity index (χ4v) is 9.99. The summed E-state index contributed by atoms with van der Waals surface area (Å²) in [4.78, 5) is 56.5. The number of hydrogen-bond donors (Lipinski definition) is 6. The molecule has 61 heavy (non-hydrogen) atoms. The van der Waals surface area contributed by atoms with Crippen molar-refractivity contribution in [2.75, 3.05) is 13.4 Å². The van der Waals surface area contributed by atoms with Gasteiger partial charge in [0.25, 0.3) is 5.91 Å². The Morgan fingerprint density at radius 2 is 1.49 bits per heavy atom. The molecule has 2 bridgehead atoms. The third-order valence-electron chi connectivity index (χ3n) is 13.5. The summed E-state index contributed by atoms with van der Waals surface area (Å²) in [5, 5.41) is 64.0. The molecule has 2 radical (unpaired) electrons. The number of benzene rings is 3. The molecular weight excluding hydrogens is 1220 g/mol. The van der Waals surface area contributed by atoms with E-state index < -0.39 is 101 Å². The van der Waals surface area contributed by atoms with Crippen LogP contribution < -0.4 is 14.8 Å². The third-order valence-corrected chi connectivity index (χ3v) is 13.5. The summed E-state index contributed by atoms with van der Waals surface area (Å²) in [5.41, 5.74) is -7.14. The molecule has 1 saturated heterocycles. The second-order valence-electron chi connectivity index (χ2n) is 16.9. The second kappa shape index (κ2) is 17.9. The topological polar surface area (TPSA) is 228 Å². The van der Waals surface area contributed by atoms with Gasteiger partial charge in [-0.25, -0.2) is 9.59 Å². The molecule has 2 heterocycles. The van der Waals surface area contributed by atoms with Crippen LogP contribution in [-0.2, 0) is 23.8 Å². The summed E-state index contributed by atoms with van der Waals surface area (Å²) in [7, 11) is 0. The first kappa shape index (κ1) is 48.2. The molecule has 2 aliphatic heterocycles. The number of esters is 2. The van der Waals surface area contributed by atoms with Gasteiger partial charge in [-0.15, -0.1) is 0 Å². The van der Waals surface area contributed by atoms with Crippen LogP contribution in [0.5, 0.6) is 11.5 Å². The van der Waals surface area contributed by atoms with Crippen molar-refractivity contribution in [2.24, 2.45) is 16.7 Å². The van der Waals surface area contributed by atoms with Crippen LogP contribution >= 0.6 is 0 Å². The molecule has 2 saturated carbocycles. The molecular formula is C44H47Ac2NO14. The molecule has 3 aliphatic carbocycles. The minimum absolute atomic E-state index is 0. The van der Waals surface area contributed by atoms with Gasteiger partial charge in [0.2, 0.25) is 6.79 Å². The van der Waals surface area contributed by atoms with Crippen LogP contribution in [0.4, 0.5) is 0 Å². The first-order valence-corrected chi connectivity index (χ1v) is 19.5. The number of nitrogens with one attached hydrogen (secondary N) is 1. The number of rotatable bonds is 8. The van der Waals surface area contributed by atoms with Gasteiger partial charge in [0.1, 0.15) is 29.5 Å². The molecule has 11 atom stereocenters. The van der Waals surface area contributed by atoms with E-state index in [0.717, 1.165) is 0 Å². The predicted octanol–water partition coefficient (Wildman–Crippen LogP) is 2.32. The van der Waals surface area contributed by atoms with E-state index in [9.17, 15) is 44.7 Å². The fourth-order valence-electron chi connectivity index (χ4n) is 9.99. The van der Waals surface area contributed by atoms with E-state index in [1.165, 1.54) is 32.0 Å². The molecule has 318 valence electrons. The first-order chi connectivity index (χ1) is 27.9. The van der Waals surface area contributed by atoms with E-state index in [-0.39, 0.29) is 136 Å². The Bertz CT molecular complexity index is 2220. The predicted molar refractivity (Wildman–Crippen MR) is 205 cm³/mol. The largest absolute Gasteiger partial charge is 0.456 e. The molecule has 3 fully saturated rings. The third kappa shape index (κ3) is 7.89. The number of ketones is 1. The van der Waals surface area contributed by atoms with Crippen molar-refractivity contribution in [2.45, 2.75) is 94.4 Å². The summed E-state index contributed by atoms with van der Waals surface area (Å²) in [6.45, 7) is 5.61. The molecule has 15 nitrogen and oxygen atoms in total. The Balaban J connectivity index is 0.00000311. The van der Waals surface area contributed by atoms with Gasteiger partial charge >= 0.3 is 11.9 Å². The maximum absolute atomic E-state index is 14.8. The molecule has 10 unspecified atom stereocenters. The van der Waals surface area contributed by atoms with Crippen molar-refractivity contribution in [3.05, 3.63) is 107 Å². The van der Waals surface area contributed by atoms with Crippen LogP contribution in [0.1, 0.15) is 72.9 Å². The van der Waals surface area contributed by atoms with Crippen molar-refractivity contribution < 1.29 is 157 Å². The van der Waals surface area contributed by atoms with Gasteiger partial charge in [-0.1, -0.05) is 56.3 Å². The van der Waals surface area contributed by atoms with Crippen molar-refractivity contribution in [3.63, 3.8) is 0 Å². The van der Waals surface area contributed by atoms with Crippen molar-refractivity contribution in [3.8, 4) is 11.5 Å². The monoisotopic (exact) mass is 1270 g/mol. The van der Waals surface area contributed by atoms with Crippen LogP contribution in [0, 0.1) is 105 Å². The molecule has 3 aromatic carbocycles. The smallest absolute Gasteiger partial charge is 0.338 e. The Labute approximate surface area is 423 Å². The van der Waals surface area contributed by atoms with Crippen LogP contribution in [0.25, 0.3) is 0 Å². The van der Waals surface area contributed by atoms with Gasteiger partial charge in [0.15, 0.2) is 23.4 Å². The van der Waals surface area contributed by atoms with Gasteiger partial charge in [0, 0.05) is 118 Å². The van der Waals surface area contributed by atoms with E-state index in [4.69, 9.17) is 23.7 Å². The van der Waals surface area contributed by atoms with E-state index in [2.05, 4.69) is 5.32 Å². The van der Waals surface area contributed by atoms with E-state index in [1.807, 2.05) is 0 Å². The minimum Gasteiger partial charge on any atom is -0.456 e. The Morgan fingerprint density at radius 3 is 2.11 bits per heavy atom. The van der Waals surface area contributed by atoms with E-state index >= 15 is 0 Å². The normalized spacial score (nSPS) is 32.7. The summed E-state index contributed by atoms with van der Waals surface area (Å²) in [6.07, 6.45) is -10.5. The zero-order valence-electron chi connectivity index (χ0n) is 34.0. The van der Waals surface area contributed by atoms with Gasteiger partial charge < -0.3 is 54.5 Å². The van der Waals surface area contributed by atoms with Gasteiger partial charge in [0.05, 0.1) is 35.8 Å². The number of aliphatic hydroxyl groups is 5. The standard InChI is InChI=1S/C44H47NO14.2Ac/c1-22-28(58-40(52)34(48)32(45-38(50)23-11-7-5-8-12-23)25-15-16-26-27(17-25)57-21-56-26)19-44(54)37(59-39(51)24-13-9-6-10-14-24)35-42(4,29(46)18-30-43(35,53)20-55-30)36(49)33(47)31(22)41(44,2)3;;/h5-17,28-30,32-35,37,46-48,53-54H,18-21H2,1-4H3,(H,45,50);;/t28?,29?,30?,32?,33?,34?,35?,37?,42-,43?,44?;;/m1../s1. The number of carbonyl (C=O) groups is 4. The SMILES string of the molecule is CC1=C2C(O)C(=O)[C@]3(C)C(O)CC4OCC4(O)C3C(OC(=O)c3ccccc3)C(O)(CC1OC(=O)C(O)C(NC(=O)c1ccccc1)c1ccc3c(c1)OCO3)C2(C)C.[Ac].[Ac]. The van der Waals surface area contributed by atoms with Crippen LogP contribution in [0.15, 0.2) is 90.0 Å². The van der Waals surface area contributed by atoms with E-state index in [1.54, 1.807) is 74.5 Å². The Morgan fingerprint density at radius 1 is 0.869 bits per heavy atom. The molecule has 3 aromatic rings. The summed E-state index contributed by atoms with van der Waals surface area (Å²) < 4.78 is 28.9. The van der Waals surface area contributed by atoms with Crippen LogP contribution in [0.2, 0.25) is 0 Å². The molecule has 8 rings (SSSR count). The average molecular weight is 1270 g/mol. The quantitative estimate of drug-likeness (QED) is 0.141. The maximum Gasteiger partial charge on any atom is 0.338 e. The zero-order chi connectivity index (χ0) is 42.2. The Hall–Kier alpha value is -2.28. The number of amides is 1. The minimum atomic E-state index is -2.33. The molecule has 0 spiro atoms. The van der Waals surface area contributed by atoms with Crippen molar-refractivity contribution >= 4 is 23.6 Å². The first-order valence-electron chi connectivity index (χ1n) is 19.5. The zero-order valence-corrected chi connectivity index (χ0v) is 43.5. The van der Waals surface area contributed by atoms with Crippen LogP contribution in [-0.4, -0.2) is 110 Å². The van der Waals surface area contributed by atoms with Crippen LogP contribution in [0.3, 0.4) is 0 Å². The summed E-state index contributed by atoms with van der Waals surface area (Å²) in [5.74, 6) is -4.48. The number of carbonyl (C=O) groups excluding carboxylic acids is 4. The number of hydrogen-bond acceptors (Lipinski definition) is 14.